The number of anilines is 1. The van der Waals surface area contributed by atoms with Gasteiger partial charge in [-0.25, -0.2) is 9.97 Å². The molecule has 2 aromatic heterocycles. The molecule has 132 valence electrons. The van der Waals surface area contributed by atoms with Gasteiger partial charge in [-0.2, -0.15) is 0 Å². The number of piperidine rings is 1. The van der Waals surface area contributed by atoms with Gasteiger partial charge in [-0.05, 0) is 45.7 Å². The molecule has 0 bridgehead atoms. The van der Waals surface area contributed by atoms with Crippen LogP contribution in [0.5, 0.6) is 0 Å². The quantitative estimate of drug-likeness (QED) is 0.845. The van der Waals surface area contributed by atoms with Gasteiger partial charge < -0.3 is 5.32 Å². The minimum Gasteiger partial charge on any atom is -0.367 e. The van der Waals surface area contributed by atoms with E-state index in [2.05, 4.69) is 40.6 Å². The summed E-state index contributed by atoms with van der Waals surface area (Å²) in [7, 11) is 0. The highest BCUT2D eigenvalue weighted by Crippen LogP contribution is 2.23. The van der Waals surface area contributed by atoms with E-state index >= 15 is 0 Å². The van der Waals surface area contributed by atoms with Crippen molar-refractivity contribution in [3.63, 3.8) is 0 Å². The van der Waals surface area contributed by atoms with Crippen LogP contribution in [0.4, 0.5) is 5.82 Å². The molecule has 1 aliphatic heterocycles. The normalized spacial score (nSPS) is 16.0. The van der Waals surface area contributed by atoms with Crippen LogP contribution in [0.3, 0.4) is 0 Å². The molecule has 1 fully saturated rings. The lowest BCUT2D eigenvalue weighted by Crippen LogP contribution is -2.40. The van der Waals surface area contributed by atoms with E-state index in [4.69, 9.17) is 4.98 Å². The van der Waals surface area contributed by atoms with Crippen LogP contribution in [0.25, 0.3) is 11.4 Å². The lowest BCUT2D eigenvalue weighted by atomic mass is 10.0. The Bertz CT molecular complexity index is 733. The van der Waals surface area contributed by atoms with E-state index in [-0.39, 0.29) is 0 Å². The van der Waals surface area contributed by atoms with E-state index in [1.165, 1.54) is 5.57 Å². The van der Waals surface area contributed by atoms with E-state index in [1.807, 2.05) is 25.3 Å². The van der Waals surface area contributed by atoms with Crippen LogP contribution in [0.15, 0.2) is 36.7 Å². The van der Waals surface area contributed by atoms with E-state index in [0.717, 1.165) is 60.9 Å². The highest BCUT2D eigenvalue weighted by atomic mass is 15.2. The summed E-state index contributed by atoms with van der Waals surface area (Å²) in [5.74, 6) is 1.68. The van der Waals surface area contributed by atoms with Gasteiger partial charge in [-0.1, -0.05) is 12.2 Å². The number of nitrogens with zero attached hydrogens (tertiary/aromatic N) is 4. The van der Waals surface area contributed by atoms with E-state index in [9.17, 15) is 0 Å². The first kappa shape index (κ1) is 17.5. The van der Waals surface area contributed by atoms with Crippen LogP contribution in [0, 0.1) is 13.8 Å². The van der Waals surface area contributed by atoms with Crippen molar-refractivity contribution in [2.75, 3.05) is 25.0 Å². The monoisotopic (exact) mass is 337 g/mol. The van der Waals surface area contributed by atoms with Crippen LogP contribution in [0.1, 0.15) is 31.0 Å². The average molecular weight is 337 g/mol. The summed E-state index contributed by atoms with van der Waals surface area (Å²) in [5.41, 5.74) is 4.31. The number of hydrogen-bond donors (Lipinski definition) is 1. The highest BCUT2D eigenvalue weighted by molar-refractivity contribution is 5.58. The Morgan fingerprint density at radius 3 is 2.68 bits per heavy atom. The van der Waals surface area contributed by atoms with Gasteiger partial charge in [0.25, 0.3) is 0 Å². The Balaban J connectivity index is 1.72. The Morgan fingerprint density at radius 1 is 1.28 bits per heavy atom. The molecule has 0 saturated carbocycles. The highest BCUT2D eigenvalue weighted by Gasteiger charge is 2.20. The number of aryl methyl sites for hydroxylation is 1. The number of nitrogens with one attached hydrogen (secondary N) is 1. The number of pyridine rings is 1. The summed E-state index contributed by atoms with van der Waals surface area (Å²) >= 11 is 0. The van der Waals surface area contributed by atoms with Crippen LogP contribution in [0.2, 0.25) is 0 Å². The van der Waals surface area contributed by atoms with Crippen molar-refractivity contribution < 1.29 is 0 Å². The molecular weight excluding hydrogens is 310 g/mol. The standard InChI is InChI=1S/C20H27N5/c1-14(2)13-25-10-7-18(8-11-25)23-19-15(3)16(4)22-20(24-19)17-6-5-9-21-12-17/h5-6,9,12,18H,1,7-8,10-11,13H2,2-4H3,(H,22,23,24). The first-order valence-electron chi connectivity index (χ1n) is 8.92. The average Bonchev–Trinajstić information content (AvgIpc) is 2.60. The van der Waals surface area contributed by atoms with Crippen molar-refractivity contribution in [3.05, 3.63) is 47.9 Å². The molecule has 0 spiro atoms. The summed E-state index contributed by atoms with van der Waals surface area (Å²) in [6.07, 6.45) is 5.82. The zero-order valence-electron chi connectivity index (χ0n) is 15.4. The molecule has 3 rings (SSSR count). The molecule has 5 heteroatoms. The smallest absolute Gasteiger partial charge is 0.163 e. The largest absolute Gasteiger partial charge is 0.367 e. The second-order valence-electron chi connectivity index (χ2n) is 7.00. The predicted molar refractivity (Wildman–Crippen MR) is 103 cm³/mol. The summed E-state index contributed by atoms with van der Waals surface area (Å²) in [6.45, 7) is 13.4. The van der Waals surface area contributed by atoms with Crippen molar-refractivity contribution in [3.8, 4) is 11.4 Å². The van der Waals surface area contributed by atoms with Crippen LogP contribution in [-0.4, -0.2) is 45.5 Å². The first-order chi connectivity index (χ1) is 12.0. The Labute approximate surface area is 150 Å². The molecule has 5 nitrogen and oxygen atoms in total. The van der Waals surface area contributed by atoms with E-state index < -0.39 is 0 Å². The topological polar surface area (TPSA) is 53.9 Å². The molecule has 2 aromatic rings. The molecule has 0 radical (unpaired) electrons. The van der Waals surface area contributed by atoms with E-state index in [1.54, 1.807) is 6.20 Å². The number of rotatable bonds is 5. The maximum absolute atomic E-state index is 4.77. The van der Waals surface area contributed by atoms with Crippen LogP contribution >= 0.6 is 0 Å². The summed E-state index contributed by atoms with van der Waals surface area (Å²) in [4.78, 5) is 16.1. The van der Waals surface area contributed by atoms with Crippen molar-refractivity contribution in [1.82, 2.24) is 19.9 Å². The lowest BCUT2D eigenvalue weighted by molar-refractivity contribution is 0.235. The van der Waals surface area contributed by atoms with Gasteiger partial charge in [0, 0.05) is 54.9 Å². The van der Waals surface area contributed by atoms with Gasteiger partial charge in [0.1, 0.15) is 5.82 Å². The first-order valence-corrected chi connectivity index (χ1v) is 8.92. The molecule has 3 heterocycles. The third-order valence-corrected chi connectivity index (χ3v) is 4.73. The van der Waals surface area contributed by atoms with Crippen molar-refractivity contribution >= 4 is 5.82 Å². The van der Waals surface area contributed by atoms with Crippen molar-refractivity contribution in [1.29, 1.82) is 0 Å². The fraction of sp³-hybridized carbons (Fsp3) is 0.450. The zero-order valence-corrected chi connectivity index (χ0v) is 15.4. The number of hydrogen-bond acceptors (Lipinski definition) is 5. The molecule has 0 aromatic carbocycles. The minimum absolute atomic E-state index is 0.455. The third-order valence-electron chi connectivity index (χ3n) is 4.73. The third kappa shape index (κ3) is 4.42. The predicted octanol–water partition coefficient (Wildman–Crippen LogP) is 3.61. The van der Waals surface area contributed by atoms with E-state index in [0.29, 0.717) is 6.04 Å². The van der Waals surface area contributed by atoms with Gasteiger partial charge in [-0.15, -0.1) is 0 Å². The maximum Gasteiger partial charge on any atom is 0.163 e. The SMILES string of the molecule is C=C(C)CN1CCC(Nc2nc(-c3cccnc3)nc(C)c2C)CC1. The summed E-state index contributed by atoms with van der Waals surface area (Å²) in [6, 6.07) is 4.37. The number of aromatic nitrogens is 3. The molecule has 1 saturated heterocycles. The molecule has 25 heavy (non-hydrogen) atoms. The van der Waals surface area contributed by atoms with Crippen LogP contribution < -0.4 is 5.32 Å². The summed E-state index contributed by atoms with van der Waals surface area (Å²) < 4.78 is 0. The van der Waals surface area contributed by atoms with Gasteiger partial charge in [0.05, 0.1) is 0 Å². The van der Waals surface area contributed by atoms with Crippen molar-refractivity contribution in [2.45, 2.75) is 39.7 Å². The molecule has 0 atom stereocenters. The van der Waals surface area contributed by atoms with Crippen LogP contribution in [-0.2, 0) is 0 Å². The second-order valence-corrected chi connectivity index (χ2v) is 7.00. The zero-order chi connectivity index (χ0) is 17.8. The molecule has 1 aliphatic rings. The Morgan fingerprint density at radius 2 is 2.04 bits per heavy atom. The van der Waals surface area contributed by atoms with Gasteiger partial charge in [0.15, 0.2) is 5.82 Å². The van der Waals surface area contributed by atoms with Crippen molar-refractivity contribution in [2.24, 2.45) is 0 Å². The van der Waals surface area contributed by atoms with Gasteiger partial charge in [-0.3, -0.25) is 9.88 Å². The molecular formula is C20H27N5. The Kier molecular flexibility index (Phi) is 5.43. The van der Waals surface area contributed by atoms with Gasteiger partial charge in [0.2, 0.25) is 0 Å². The fourth-order valence-electron chi connectivity index (χ4n) is 3.20. The minimum atomic E-state index is 0.455. The molecule has 0 unspecified atom stereocenters. The molecule has 0 aliphatic carbocycles. The Hall–Kier alpha value is -2.27. The second kappa shape index (κ2) is 7.74. The fourth-order valence-corrected chi connectivity index (χ4v) is 3.20. The molecule has 0 amide bonds. The molecule has 1 N–H and O–H groups in total. The number of likely N-dealkylation sites (tertiary alicyclic amines) is 1. The summed E-state index contributed by atoms with van der Waals surface area (Å²) in [5, 5.41) is 3.65. The lowest BCUT2D eigenvalue weighted by Gasteiger charge is -2.33. The van der Waals surface area contributed by atoms with Gasteiger partial charge >= 0.3 is 0 Å². The maximum atomic E-state index is 4.77.